The van der Waals surface area contributed by atoms with Crippen LogP contribution < -0.4 is 0 Å². The Kier molecular flexibility index (Phi) is 5.13. The zero-order valence-electron chi connectivity index (χ0n) is 18.2. The standard InChI is InChI=1S/C14H20O5.C9H14O3/c1-3-8-12(16-8)18-10(5-1)14(11-7-15-11)6-2-4-9-13(17-9)19-14;1-9-5-6(8(10)11)3-2-4-7(9)12-9/h8-13H,1-7H2;6-7H,2-5H2,1H3,(H,10,11). The van der Waals surface area contributed by atoms with E-state index in [2.05, 4.69) is 0 Å². The summed E-state index contributed by atoms with van der Waals surface area (Å²) < 4.78 is 34.7. The van der Waals surface area contributed by atoms with E-state index in [4.69, 9.17) is 33.5 Å². The number of fused-ring (bicyclic) bond motifs is 3. The van der Waals surface area contributed by atoms with Gasteiger partial charge in [0.15, 0.2) is 12.6 Å². The SMILES string of the molecule is C1CC2OC2OC(C2(C3CO3)CCCC3OC3O2)C1.CC12CC(C(=O)O)CCCC1O2. The van der Waals surface area contributed by atoms with Crippen LogP contribution in [0.1, 0.15) is 71.1 Å². The Hall–Kier alpha value is -0.770. The zero-order valence-corrected chi connectivity index (χ0v) is 18.2. The lowest BCUT2D eigenvalue weighted by atomic mass is 9.85. The molecule has 10 atom stereocenters. The van der Waals surface area contributed by atoms with E-state index >= 15 is 0 Å². The monoisotopic (exact) mass is 438 g/mol. The van der Waals surface area contributed by atoms with Crippen molar-refractivity contribution < 1.29 is 38.3 Å². The van der Waals surface area contributed by atoms with Gasteiger partial charge in [0.05, 0.1) is 30.3 Å². The molecule has 8 nitrogen and oxygen atoms in total. The average Bonchev–Trinajstić information content (AvgIpc) is 3.53. The third-order valence-electron chi connectivity index (χ3n) is 8.20. The third-order valence-corrected chi connectivity index (χ3v) is 8.20. The van der Waals surface area contributed by atoms with E-state index in [0.29, 0.717) is 24.7 Å². The number of carboxylic acids is 1. The van der Waals surface area contributed by atoms with Crippen molar-refractivity contribution in [3.63, 3.8) is 0 Å². The van der Waals surface area contributed by atoms with Crippen molar-refractivity contribution in [3.05, 3.63) is 0 Å². The maximum atomic E-state index is 10.8. The van der Waals surface area contributed by atoms with Gasteiger partial charge < -0.3 is 33.5 Å². The molecule has 0 amide bonds. The lowest BCUT2D eigenvalue weighted by Crippen LogP contribution is -2.51. The summed E-state index contributed by atoms with van der Waals surface area (Å²) in [5.74, 6) is -0.838. The lowest BCUT2D eigenvalue weighted by Gasteiger charge is -2.38. The molecule has 1 aliphatic carbocycles. The van der Waals surface area contributed by atoms with Gasteiger partial charge in [-0.25, -0.2) is 0 Å². The van der Waals surface area contributed by atoms with Crippen LogP contribution in [-0.4, -0.2) is 72.0 Å². The summed E-state index contributed by atoms with van der Waals surface area (Å²) in [7, 11) is 0. The van der Waals surface area contributed by atoms with Gasteiger partial charge in [-0.2, -0.15) is 0 Å². The van der Waals surface area contributed by atoms with Crippen molar-refractivity contribution in [3.8, 4) is 0 Å². The van der Waals surface area contributed by atoms with Crippen LogP contribution in [0.4, 0.5) is 0 Å². The highest BCUT2D eigenvalue weighted by atomic mass is 16.8. The summed E-state index contributed by atoms with van der Waals surface area (Å²) in [5, 5.41) is 8.86. The van der Waals surface area contributed by atoms with E-state index < -0.39 is 5.97 Å². The van der Waals surface area contributed by atoms with Gasteiger partial charge in [-0.1, -0.05) is 0 Å². The highest BCUT2D eigenvalue weighted by molar-refractivity contribution is 5.70. The molecule has 6 heterocycles. The fourth-order valence-electron chi connectivity index (χ4n) is 6.03. The van der Waals surface area contributed by atoms with E-state index in [1.165, 1.54) is 0 Å². The van der Waals surface area contributed by atoms with Gasteiger partial charge in [0.1, 0.15) is 23.9 Å². The summed E-state index contributed by atoms with van der Waals surface area (Å²) in [4.78, 5) is 10.8. The van der Waals surface area contributed by atoms with Crippen molar-refractivity contribution in [2.45, 2.75) is 125 Å². The highest BCUT2D eigenvalue weighted by Crippen LogP contribution is 2.49. The first-order valence-electron chi connectivity index (χ1n) is 12.1. The smallest absolute Gasteiger partial charge is 0.306 e. The maximum absolute atomic E-state index is 10.8. The fraction of sp³-hybridized carbons (Fsp3) is 0.957. The molecule has 0 aromatic rings. The van der Waals surface area contributed by atoms with E-state index in [-0.39, 0.29) is 41.9 Å². The van der Waals surface area contributed by atoms with Crippen molar-refractivity contribution in [2.24, 2.45) is 5.92 Å². The second-order valence-corrected chi connectivity index (χ2v) is 10.5. The predicted molar refractivity (Wildman–Crippen MR) is 106 cm³/mol. The molecule has 6 saturated heterocycles. The Labute approximate surface area is 182 Å². The molecule has 0 bridgehead atoms. The minimum Gasteiger partial charge on any atom is -0.481 e. The number of ether oxygens (including phenoxy) is 6. The summed E-state index contributed by atoms with van der Waals surface area (Å²) >= 11 is 0. The largest absolute Gasteiger partial charge is 0.481 e. The first-order chi connectivity index (χ1) is 15.0. The first-order valence-corrected chi connectivity index (χ1v) is 12.1. The minimum atomic E-state index is -0.660. The molecule has 0 radical (unpaired) electrons. The summed E-state index contributed by atoms with van der Waals surface area (Å²) in [6.07, 6.45) is 11.4. The predicted octanol–water partition coefficient (Wildman–Crippen LogP) is 2.76. The van der Waals surface area contributed by atoms with Crippen LogP contribution in [0, 0.1) is 5.92 Å². The molecule has 7 fully saturated rings. The van der Waals surface area contributed by atoms with Crippen molar-refractivity contribution >= 4 is 5.97 Å². The lowest BCUT2D eigenvalue weighted by molar-refractivity contribution is -0.196. The number of carboxylic acid groups (broad SMARTS) is 1. The third kappa shape index (κ3) is 4.15. The Bertz CT molecular complexity index is 712. The van der Waals surface area contributed by atoms with Crippen LogP contribution in [-0.2, 0) is 33.2 Å². The van der Waals surface area contributed by atoms with Crippen LogP contribution in [0.5, 0.6) is 0 Å². The topological polar surface area (TPSA) is 106 Å². The molecule has 1 saturated carbocycles. The van der Waals surface area contributed by atoms with Gasteiger partial charge in [-0.3, -0.25) is 4.79 Å². The van der Waals surface area contributed by atoms with Gasteiger partial charge in [-0.05, 0) is 71.1 Å². The van der Waals surface area contributed by atoms with E-state index in [9.17, 15) is 4.79 Å². The van der Waals surface area contributed by atoms with E-state index in [1.807, 2.05) is 6.92 Å². The molecule has 6 aliphatic heterocycles. The number of epoxide rings is 4. The van der Waals surface area contributed by atoms with Gasteiger partial charge in [0, 0.05) is 0 Å². The summed E-state index contributed by atoms with van der Waals surface area (Å²) in [6, 6.07) is 0. The minimum absolute atomic E-state index is 0.00546. The van der Waals surface area contributed by atoms with Crippen LogP contribution in [0.2, 0.25) is 0 Å². The van der Waals surface area contributed by atoms with Crippen molar-refractivity contribution in [1.29, 1.82) is 0 Å². The molecule has 0 aromatic heterocycles. The van der Waals surface area contributed by atoms with Crippen LogP contribution in [0.25, 0.3) is 0 Å². The zero-order chi connectivity index (χ0) is 21.2. The number of hydrogen-bond donors (Lipinski definition) is 1. The van der Waals surface area contributed by atoms with Crippen LogP contribution >= 0.6 is 0 Å². The molecular formula is C23H34O8. The molecule has 8 heteroatoms. The molecule has 174 valence electrons. The van der Waals surface area contributed by atoms with Crippen molar-refractivity contribution in [1.82, 2.24) is 0 Å². The Morgan fingerprint density at radius 3 is 2.35 bits per heavy atom. The van der Waals surface area contributed by atoms with E-state index in [0.717, 1.165) is 64.4 Å². The van der Waals surface area contributed by atoms with Gasteiger partial charge in [0.2, 0.25) is 0 Å². The van der Waals surface area contributed by atoms with Gasteiger partial charge >= 0.3 is 5.97 Å². The number of aliphatic carboxylic acids is 1. The molecule has 0 spiro atoms. The molecule has 1 N–H and O–H groups in total. The maximum Gasteiger partial charge on any atom is 0.306 e. The normalized spacial score (nSPS) is 54.2. The van der Waals surface area contributed by atoms with Crippen LogP contribution in [0.15, 0.2) is 0 Å². The van der Waals surface area contributed by atoms with Crippen LogP contribution in [0.3, 0.4) is 0 Å². The second-order valence-electron chi connectivity index (χ2n) is 10.5. The highest BCUT2D eigenvalue weighted by Gasteiger charge is 2.61. The van der Waals surface area contributed by atoms with Gasteiger partial charge in [-0.15, -0.1) is 0 Å². The second kappa shape index (κ2) is 7.64. The number of rotatable bonds is 3. The number of hydrogen-bond acceptors (Lipinski definition) is 7. The molecule has 10 unspecified atom stereocenters. The molecule has 0 aromatic carbocycles. The van der Waals surface area contributed by atoms with E-state index in [1.54, 1.807) is 0 Å². The Morgan fingerprint density at radius 2 is 1.55 bits per heavy atom. The molecular weight excluding hydrogens is 404 g/mol. The van der Waals surface area contributed by atoms with Gasteiger partial charge in [0.25, 0.3) is 0 Å². The summed E-state index contributed by atoms with van der Waals surface area (Å²) in [5.41, 5.74) is -0.393. The fourth-order valence-corrected chi connectivity index (χ4v) is 6.03. The first kappa shape index (κ1) is 20.8. The molecule has 31 heavy (non-hydrogen) atoms. The Balaban J connectivity index is 0.000000134. The number of carbonyl (C=O) groups is 1. The summed E-state index contributed by atoms with van der Waals surface area (Å²) in [6.45, 7) is 2.82. The average molecular weight is 439 g/mol. The molecule has 7 aliphatic rings. The van der Waals surface area contributed by atoms with Crippen molar-refractivity contribution in [2.75, 3.05) is 6.61 Å². The quantitative estimate of drug-likeness (QED) is 0.671. The molecule has 7 rings (SSSR count). The Morgan fingerprint density at radius 1 is 0.839 bits per heavy atom.